The van der Waals surface area contributed by atoms with Gasteiger partial charge in [0.15, 0.2) is 0 Å². The van der Waals surface area contributed by atoms with Crippen molar-refractivity contribution in [3.63, 3.8) is 0 Å². The molecule has 3 N–H and O–H groups in total. The van der Waals surface area contributed by atoms with Crippen LogP contribution in [0.1, 0.15) is 17.2 Å². The fourth-order valence-electron chi connectivity index (χ4n) is 2.09. The molecule has 1 aromatic carbocycles. The van der Waals surface area contributed by atoms with Crippen LogP contribution in [0.15, 0.2) is 30.3 Å². The molecule has 0 saturated heterocycles. The molecule has 1 atom stereocenters. The number of hydrogen-bond acceptors (Lipinski definition) is 3. The number of H-pyrrole nitrogens is 1. The number of aromatic nitrogens is 2. The van der Waals surface area contributed by atoms with Gasteiger partial charge in [0.1, 0.15) is 11.6 Å². The maximum absolute atomic E-state index is 5.71. The molecule has 2 heterocycles. The highest BCUT2D eigenvalue weighted by atomic mass is 16.5. The van der Waals surface area contributed by atoms with Crippen LogP contribution in [-0.2, 0) is 6.42 Å². The van der Waals surface area contributed by atoms with E-state index in [2.05, 4.69) is 16.3 Å². The molecular weight excluding hydrogens is 202 g/mol. The van der Waals surface area contributed by atoms with Crippen LogP contribution in [0.3, 0.4) is 0 Å². The number of nitrogens with one attached hydrogen (secondary N) is 1. The quantitative estimate of drug-likeness (QED) is 0.761. The third kappa shape index (κ3) is 1.52. The van der Waals surface area contributed by atoms with Gasteiger partial charge >= 0.3 is 0 Å². The van der Waals surface area contributed by atoms with E-state index in [0.717, 1.165) is 17.9 Å². The van der Waals surface area contributed by atoms with Crippen molar-refractivity contribution in [1.29, 1.82) is 0 Å². The van der Waals surface area contributed by atoms with Crippen LogP contribution < -0.4 is 10.5 Å². The summed E-state index contributed by atoms with van der Waals surface area (Å²) in [6.45, 7) is 0.679. The summed E-state index contributed by atoms with van der Waals surface area (Å²) in [6, 6.07) is 10.0. The van der Waals surface area contributed by atoms with E-state index in [1.165, 1.54) is 5.56 Å². The van der Waals surface area contributed by atoms with Crippen LogP contribution in [0.2, 0.25) is 0 Å². The second-order valence-electron chi connectivity index (χ2n) is 4.07. The zero-order valence-electron chi connectivity index (χ0n) is 8.81. The van der Waals surface area contributed by atoms with Crippen LogP contribution in [0.25, 0.3) is 0 Å². The average Bonchev–Trinajstić information content (AvgIpc) is 2.75. The molecule has 4 nitrogen and oxygen atoms in total. The van der Waals surface area contributed by atoms with Crippen molar-refractivity contribution in [3.8, 4) is 5.75 Å². The Bertz CT molecular complexity index is 506. The van der Waals surface area contributed by atoms with Crippen molar-refractivity contribution in [2.45, 2.75) is 12.3 Å². The predicted octanol–water partition coefficient (Wildman–Crippen LogP) is 1.71. The van der Waals surface area contributed by atoms with Crippen LogP contribution in [0.5, 0.6) is 5.75 Å². The molecule has 1 aliphatic rings. The van der Waals surface area contributed by atoms with Crippen molar-refractivity contribution in [3.05, 3.63) is 41.6 Å². The van der Waals surface area contributed by atoms with E-state index in [1.807, 2.05) is 24.3 Å². The smallest absolute Gasteiger partial charge is 0.145 e. The third-order valence-electron chi connectivity index (χ3n) is 2.94. The molecular formula is C12H13N3O. The molecule has 0 radical (unpaired) electrons. The van der Waals surface area contributed by atoms with Crippen LogP contribution in [0.4, 0.5) is 5.82 Å². The van der Waals surface area contributed by atoms with Gasteiger partial charge in [0.25, 0.3) is 0 Å². The summed E-state index contributed by atoms with van der Waals surface area (Å²) >= 11 is 0. The van der Waals surface area contributed by atoms with Gasteiger partial charge in [-0.2, -0.15) is 5.10 Å². The number of benzene rings is 1. The lowest BCUT2D eigenvalue weighted by Crippen LogP contribution is -2.19. The standard InChI is InChI=1S/C12H13N3O/c13-12-6-10(14-15-12)9-5-8-3-1-2-4-11(8)16-7-9/h1-4,6,9H,5,7H2,(H3,13,14,15). The molecule has 0 amide bonds. The van der Waals surface area contributed by atoms with Crippen molar-refractivity contribution in [2.24, 2.45) is 0 Å². The second-order valence-corrected chi connectivity index (χ2v) is 4.07. The highest BCUT2D eigenvalue weighted by Crippen LogP contribution is 2.31. The SMILES string of the molecule is Nc1cc(C2COc3ccccc3C2)[nH]n1. The molecule has 2 aromatic rings. The molecule has 1 aromatic heterocycles. The third-order valence-corrected chi connectivity index (χ3v) is 2.94. The molecule has 16 heavy (non-hydrogen) atoms. The first kappa shape index (κ1) is 9.27. The van der Waals surface area contributed by atoms with Gasteiger partial charge in [0, 0.05) is 17.7 Å². The summed E-state index contributed by atoms with van der Waals surface area (Å²) in [5, 5.41) is 6.90. The average molecular weight is 215 g/mol. The van der Waals surface area contributed by atoms with E-state index in [0.29, 0.717) is 18.3 Å². The Hall–Kier alpha value is -1.97. The lowest BCUT2D eigenvalue weighted by molar-refractivity contribution is 0.260. The zero-order valence-corrected chi connectivity index (χ0v) is 8.81. The van der Waals surface area contributed by atoms with Gasteiger partial charge in [-0.25, -0.2) is 0 Å². The minimum absolute atomic E-state index is 0.319. The predicted molar refractivity (Wildman–Crippen MR) is 61.4 cm³/mol. The largest absolute Gasteiger partial charge is 0.493 e. The molecule has 1 aliphatic heterocycles. The highest BCUT2D eigenvalue weighted by Gasteiger charge is 2.22. The molecule has 0 fully saturated rings. The first-order valence-electron chi connectivity index (χ1n) is 5.34. The number of hydrogen-bond donors (Lipinski definition) is 2. The maximum Gasteiger partial charge on any atom is 0.145 e. The van der Waals surface area contributed by atoms with Gasteiger partial charge < -0.3 is 10.5 Å². The van der Waals surface area contributed by atoms with Crippen molar-refractivity contribution >= 4 is 5.82 Å². The monoisotopic (exact) mass is 215 g/mol. The van der Waals surface area contributed by atoms with Gasteiger partial charge in [0.05, 0.1) is 6.61 Å². The van der Waals surface area contributed by atoms with Crippen molar-refractivity contribution in [1.82, 2.24) is 10.2 Å². The first-order chi connectivity index (χ1) is 7.83. The summed E-state index contributed by atoms with van der Waals surface area (Å²) in [6.07, 6.45) is 0.970. The fourth-order valence-corrected chi connectivity index (χ4v) is 2.09. The molecule has 0 spiro atoms. The van der Waals surface area contributed by atoms with E-state index in [9.17, 15) is 0 Å². The first-order valence-corrected chi connectivity index (χ1v) is 5.34. The Morgan fingerprint density at radius 2 is 2.25 bits per heavy atom. The Morgan fingerprint density at radius 1 is 1.38 bits per heavy atom. The van der Waals surface area contributed by atoms with Gasteiger partial charge in [0.2, 0.25) is 0 Å². The number of ether oxygens (including phenoxy) is 1. The summed E-state index contributed by atoms with van der Waals surface area (Å²) in [5.74, 6) is 1.85. The Kier molecular flexibility index (Phi) is 2.06. The van der Waals surface area contributed by atoms with Crippen LogP contribution in [-0.4, -0.2) is 16.8 Å². The number of rotatable bonds is 1. The fraction of sp³-hybridized carbons (Fsp3) is 0.250. The van der Waals surface area contributed by atoms with E-state index in [1.54, 1.807) is 0 Å². The van der Waals surface area contributed by atoms with Gasteiger partial charge in [-0.3, -0.25) is 5.10 Å². The molecule has 0 saturated carbocycles. The summed E-state index contributed by atoms with van der Waals surface area (Å²) < 4.78 is 5.71. The number of nitrogens with zero attached hydrogens (tertiary/aromatic N) is 1. The van der Waals surface area contributed by atoms with E-state index >= 15 is 0 Å². The number of para-hydroxylation sites is 1. The minimum Gasteiger partial charge on any atom is -0.493 e. The molecule has 0 bridgehead atoms. The topological polar surface area (TPSA) is 63.9 Å². The summed E-state index contributed by atoms with van der Waals surface area (Å²) in [7, 11) is 0. The molecule has 4 heteroatoms. The van der Waals surface area contributed by atoms with E-state index in [4.69, 9.17) is 10.5 Å². The molecule has 82 valence electrons. The number of fused-ring (bicyclic) bond motifs is 1. The highest BCUT2D eigenvalue weighted by molar-refractivity contribution is 5.38. The molecule has 1 unspecified atom stereocenters. The zero-order chi connectivity index (χ0) is 11.0. The molecule has 3 rings (SSSR count). The lowest BCUT2D eigenvalue weighted by Gasteiger charge is -2.24. The normalized spacial score (nSPS) is 18.9. The molecule has 0 aliphatic carbocycles. The van der Waals surface area contributed by atoms with Crippen molar-refractivity contribution < 1.29 is 4.74 Å². The van der Waals surface area contributed by atoms with E-state index < -0.39 is 0 Å². The van der Waals surface area contributed by atoms with Gasteiger partial charge in [-0.1, -0.05) is 18.2 Å². The second kappa shape index (κ2) is 3.56. The summed E-state index contributed by atoms with van der Waals surface area (Å²) in [5.41, 5.74) is 7.89. The Morgan fingerprint density at radius 3 is 3.06 bits per heavy atom. The summed E-state index contributed by atoms with van der Waals surface area (Å²) in [4.78, 5) is 0. The van der Waals surface area contributed by atoms with Gasteiger partial charge in [-0.15, -0.1) is 0 Å². The number of nitrogen functional groups attached to an aromatic ring is 1. The number of nitrogens with two attached hydrogens (primary N) is 1. The Balaban J connectivity index is 1.88. The lowest BCUT2D eigenvalue weighted by atomic mass is 9.94. The van der Waals surface area contributed by atoms with E-state index in [-0.39, 0.29) is 0 Å². The number of aromatic amines is 1. The maximum atomic E-state index is 5.71. The minimum atomic E-state index is 0.319. The number of anilines is 1. The Labute approximate surface area is 93.4 Å². The van der Waals surface area contributed by atoms with Crippen LogP contribution >= 0.6 is 0 Å². The van der Waals surface area contributed by atoms with Crippen molar-refractivity contribution in [2.75, 3.05) is 12.3 Å². The van der Waals surface area contributed by atoms with Crippen LogP contribution in [0, 0.1) is 0 Å². The van der Waals surface area contributed by atoms with Gasteiger partial charge in [-0.05, 0) is 18.1 Å².